The first-order chi connectivity index (χ1) is 15.9. The standard InChI is InChI=1S/C25H40N4O4/c1-19(2)9-7-5-6-8-10-24(30)28-16-20-11-12-22(23(15-20)32-4)33-25(31)29-14-13-27-18-21(29)17-26-3/h7,9,11-12,15,19,21,26-27H,5-6,8,10,13-14,16-18H2,1-4H3,(H,28,30)/b9-7+. The number of methoxy groups -OCH3 is 1. The van der Waals surface area contributed by atoms with Gasteiger partial charge in [0.2, 0.25) is 5.91 Å². The largest absolute Gasteiger partial charge is 0.493 e. The van der Waals surface area contributed by atoms with Crippen molar-refractivity contribution < 1.29 is 19.1 Å². The highest BCUT2D eigenvalue weighted by atomic mass is 16.6. The number of amides is 2. The van der Waals surface area contributed by atoms with Crippen molar-refractivity contribution in [1.82, 2.24) is 20.9 Å². The van der Waals surface area contributed by atoms with Crippen LogP contribution in [-0.4, -0.2) is 63.3 Å². The molecule has 8 heteroatoms. The maximum atomic E-state index is 12.8. The number of nitrogens with one attached hydrogen (secondary N) is 3. The molecule has 0 saturated carbocycles. The number of hydrogen-bond acceptors (Lipinski definition) is 6. The van der Waals surface area contributed by atoms with E-state index in [0.717, 1.165) is 37.9 Å². The van der Waals surface area contributed by atoms with Crippen LogP contribution >= 0.6 is 0 Å². The summed E-state index contributed by atoms with van der Waals surface area (Å²) in [5.74, 6) is 1.44. The Hall–Kier alpha value is -2.58. The zero-order valence-electron chi connectivity index (χ0n) is 20.5. The van der Waals surface area contributed by atoms with Gasteiger partial charge in [-0.05, 0) is 49.9 Å². The molecule has 0 aliphatic carbocycles. The highest BCUT2D eigenvalue weighted by molar-refractivity contribution is 5.76. The van der Waals surface area contributed by atoms with Gasteiger partial charge in [0.1, 0.15) is 0 Å². The van der Waals surface area contributed by atoms with Gasteiger partial charge in [0.05, 0.1) is 13.2 Å². The topological polar surface area (TPSA) is 91.9 Å². The fourth-order valence-corrected chi connectivity index (χ4v) is 3.68. The normalized spacial score (nSPS) is 16.3. The number of carbonyl (C=O) groups is 2. The van der Waals surface area contributed by atoms with E-state index in [-0.39, 0.29) is 18.0 Å². The van der Waals surface area contributed by atoms with E-state index in [1.54, 1.807) is 17.0 Å². The molecule has 8 nitrogen and oxygen atoms in total. The molecule has 1 atom stereocenters. The summed E-state index contributed by atoms with van der Waals surface area (Å²) in [6.45, 7) is 7.45. The molecule has 2 rings (SSSR count). The van der Waals surface area contributed by atoms with E-state index in [0.29, 0.717) is 43.5 Å². The van der Waals surface area contributed by atoms with Gasteiger partial charge in [-0.15, -0.1) is 0 Å². The molecule has 1 aliphatic rings. The molecule has 1 saturated heterocycles. The van der Waals surface area contributed by atoms with Crippen LogP contribution in [0.5, 0.6) is 11.5 Å². The molecule has 2 amide bonds. The number of hydrogen-bond donors (Lipinski definition) is 3. The van der Waals surface area contributed by atoms with Crippen LogP contribution in [0.3, 0.4) is 0 Å². The molecule has 0 radical (unpaired) electrons. The second-order valence-electron chi connectivity index (χ2n) is 8.66. The van der Waals surface area contributed by atoms with Crippen molar-refractivity contribution in [1.29, 1.82) is 0 Å². The average molecular weight is 461 g/mol. The Morgan fingerprint density at radius 3 is 2.82 bits per heavy atom. The van der Waals surface area contributed by atoms with E-state index >= 15 is 0 Å². The summed E-state index contributed by atoms with van der Waals surface area (Å²) >= 11 is 0. The van der Waals surface area contributed by atoms with Gasteiger partial charge in [-0.25, -0.2) is 4.79 Å². The summed E-state index contributed by atoms with van der Waals surface area (Å²) in [4.78, 5) is 26.6. The Kier molecular flexibility index (Phi) is 11.8. The molecule has 1 aliphatic heterocycles. The second-order valence-corrected chi connectivity index (χ2v) is 8.66. The molecule has 0 spiro atoms. The molecule has 3 N–H and O–H groups in total. The van der Waals surface area contributed by atoms with Crippen LogP contribution in [0.2, 0.25) is 0 Å². The summed E-state index contributed by atoms with van der Waals surface area (Å²) in [7, 11) is 3.40. The van der Waals surface area contributed by atoms with Gasteiger partial charge >= 0.3 is 6.09 Å². The van der Waals surface area contributed by atoms with Gasteiger partial charge in [-0.1, -0.05) is 32.1 Å². The third-order valence-corrected chi connectivity index (χ3v) is 5.49. The van der Waals surface area contributed by atoms with E-state index in [9.17, 15) is 9.59 Å². The molecule has 1 unspecified atom stereocenters. The molecule has 1 aromatic carbocycles. The van der Waals surface area contributed by atoms with Gasteiger partial charge in [0, 0.05) is 39.1 Å². The summed E-state index contributed by atoms with van der Waals surface area (Å²) in [5.41, 5.74) is 0.884. The third kappa shape index (κ3) is 9.43. The van der Waals surface area contributed by atoms with E-state index in [2.05, 4.69) is 41.9 Å². The predicted molar refractivity (Wildman–Crippen MR) is 131 cm³/mol. The monoisotopic (exact) mass is 460 g/mol. The number of carbonyl (C=O) groups excluding carboxylic acids is 2. The lowest BCUT2D eigenvalue weighted by molar-refractivity contribution is -0.121. The van der Waals surface area contributed by atoms with Crippen molar-refractivity contribution >= 4 is 12.0 Å². The van der Waals surface area contributed by atoms with Crippen molar-refractivity contribution in [3.05, 3.63) is 35.9 Å². The lowest BCUT2D eigenvalue weighted by Crippen LogP contribution is -2.57. The van der Waals surface area contributed by atoms with Gasteiger partial charge in [-0.3, -0.25) is 4.79 Å². The number of likely N-dealkylation sites (N-methyl/N-ethyl adjacent to an activating group) is 1. The van der Waals surface area contributed by atoms with Crippen molar-refractivity contribution in [3.63, 3.8) is 0 Å². The maximum absolute atomic E-state index is 12.8. The zero-order chi connectivity index (χ0) is 24.1. The number of ether oxygens (including phenoxy) is 2. The summed E-state index contributed by atoms with van der Waals surface area (Å²) in [5, 5.41) is 9.36. The van der Waals surface area contributed by atoms with Crippen molar-refractivity contribution in [3.8, 4) is 11.5 Å². The van der Waals surface area contributed by atoms with E-state index in [1.165, 1.54) is 7.11 Å². The number of rotatable bonds is 12. The van der Waals surface area contributed by atoms with Gasteiger partial charge in [0.25, 0.3) is 0 Å². The van der Waals surface area contributed by atoms with Crippen LogP contribution in [0.4, 0.5) is 4.79 Å². The number of piperazine rings is 1. The van der Waals surface area contributed by atoms with Crippen LogP contribution in [0.15, 0.2) is 30.4 Å². The average Bonchev–Trinajstić information content (AvgIpc) is 2.81. The molecule has 0 aromatic heterocycles. The van der Waals surface area contributed by atoms with E-state index < -0.39 is 0 Å². The molecule has 1 heterocycles. The fourth-order valence-electron chi connectivity index (χ4n) is 3.68. The Morgan fingerprint density at radius 2 is 2.09 bits per heavy atom. The van der Waals surface area contributed by atoms with E-state index in [1.807, 2.05) is 13.1 Å². The van der Waals surface area contributed by atoms with E-state index in [4.69, 9.17) is 9.47 Å². The Balaban J connectivity index is 1.83. The maximum Gasteiger partial charge on any atom is 0.415 e. The van der Waals surface area contributed by atoms with Gasteiger partial charge in [0.15, 0.2) is 11.5 Å². The van der Waals surface area contributed by atoms with Crippen molar-refractivity contribution in [2.45, 2.75) is 52.1 Å². The molecular formula is C25H40N4O4. The lowest BCUT2D eigenvalue weighted by atomic mass is 10.1. The Bertz CT molecular complexity index is 780. The first-order valence-electron chi connectivity index (χ1n) is 11.9. The van der Waals surface area contributed by atoms with Crippen LogP contribution in [0.25, 0.3) is 0 Å². The SMILES string of the molecule is CNCC1CNCCN1C(=O)Oc1ccc(CNC(=O)CCCC/C=C/C(C)C)cc1OC. The molecular weight excluding hydrogens is 420 g/mol. The number of benzene rings is 1. The summed E-state index contributed by atoms with van der Waals surface area (Å²) < 4.78 is 11.1. The van der Waals surface area contributed by atoms with Crippen molar-refractivity contribution in [2.75, 3.05) is 40.3 Å². The highest BCUT2D eigenvalue weighted by Crippen LogP contribution is 2.29. The minimum absolute atomic E-state index is 0.0305. The number of nitrogens with zero attached hydrogens (tertiary/aromatic N) is 1. The quantitative estimate of drug-likeness (QED) is 0.328. The Morgan fingerprint density at radius 1 is 1.27 bits per heavy atom. The third-order valence-electron chi connectivity index (χ3n) is 5.49. The minimum atomic E-state index is -0.389. The second kappa shape index (κ2) is 14.5. The molecule has 184 valence electrons. The molecule has 1 fully saturated rings. The highest BCUT2D eigenvalue weighted by Gasteiger charge is 2.28. The van der Waals surface area contributed by atoms with Crippen LogP contribution < -0.4 is 25.4 Å². The first kappa shape index (κ1) is 26.7. The molecule has 33 heavy (non-hydrogen) atoms. The van der Waals surface area contributed by atoms with Crippen LogP contribution in [0.1, 0.15) is 45.1 Å². The predicted octanol–water partition coefficient (Wildman–Crippen LogP) is 3.08. The zero-order valence-corrected chi connectivity index (χ0v) is 20.5. The number of unbranched alkanes of at least 4 members (excludes halogenated alkanes) is 2. The first-order valence-corrected chi connectivity index (χ1v) is 11.9. The molecule has 1 aromatic rings. The van der Waals surface area contributed by atoms with Crippen molar-refractivity contribution in [2.24, 2.45) is 5.92 Å². The molecule has 0 bridgehead atoms. The summed E-state index contributed by atoms with van der Waals surface area (Å²) in [6, 6.07) is 5.38. The number of allylic oxidation sites excluding steroid dienone is 2. The van der Waals surface area contributed by atoms with Gasteiger partial charge < -0.3 is 30.3 Å². The summed E-state index contributed by atoms with van der Waals surface area (Å²) in [6.07, 6.45) is 7.39. The Labute approximate surface area is 198 Å². The smallest absolute Gasteiger partial charge is 0.415 e. The fraction of sp³-hybridized carbons (Fsp3) is 0.600. The van der Waals surface area contributed by atoms with Crippen LogP contribution in [-0.2, 0) is 11.3 Å². The van der Waals surface area contributed by atoms with Gasteiger partial charge in [-0.2, -0.15) is 0 Å². The minimum Gasteiger partial charge on any atom is -0.493 e. The lowest BCUT2D eigenvalue weighted by Gasteiger charge is -2.35. The van der Waals surface area contributed by atoms with Crippen LogP contribution in [0, 0.1) is 5.92 Å².